The lowest BCUT2D eigenvalue weighted by molar-refractivity contribution is -0.0494. The number of morpholine rings is 1. The molecule has 2 saturated heterocycles. The zero-order valence-corrected chi connectivity index (χ0v) is 15.5. The Bertz CT molecular complexity index is 925. The highest BCUT2D eigenvalue weighted by Gasteiger charge is 2.40. The molecule has 1 aliphatic carbocycles. The molecule has 2 aromatic heterocycles. The number of pyridine rings is 1. The van der Waals surface area contributed by atoms with E-state index in [1.54, 1.807) is 6.07 Å². The van der Waals surface area contributed by atoms with Crippen LogP contribution < -0.4 is 15.4 Å². The molecular weight excluding hydrogens is 387 g/mol. The first-order chi connectivity index (χ1) is 14.0. The Morgan fingerprint density at radius 3 is 2.69 bits per heavy atom. The number of halogens is 3. The smallest absolute Gasteiger partial charge is 0.387 e. The van der Waals surface area contributed by atoms with E-state index in [1.807, 2.05) is 0 Å². The maximum atomic E-state index is 13.4. The molecule has 4 heterocycles. The highest BCUT2D eigenvalue weighted by atomic mass is 19.3. The summed E-state index contributed by atoms with van der Waals surface area (Å²) in [5.74, 6) is 0.898. The fourth-order valence-corrected chi connectivity index (χ4v) is 4.16. The van der Waals surface area contributed by atoms with Crippen molar-refractivity contribution < 1.29 is 22.6 Å². The first kappa shape index (κ1) is 18.4. The van der Waals surface area contributed by atoms with Crippen LogP contribution in [0.5, 0.6) is 5.75 Å². The van der Waals surface area contributed by atoms with Crippen molar-refractivity contribution in [2.24, 2.45) is 0 Å². The maximum Gasteiger partial charge on any atom is 0.387 e. The summed E-state index contributed by atoms with van der Waals surface area (Å²) in [5, 5.41) is 0. The van der Waals surface area contributed by atoms with Gasteiger partial charge in [-0.2, -0.15) is 8.78 Å². The van der Waals surface area contributed by atoms with E-state index in [0.29, 0.717) is 36.5 Å². The van der Waals surface area contributed by atoms with Gasteiger partial charge < -0.3 is 20.1 Å². The Balaban J connectivity index is 1.53. The number of alkyl halides is 3. The van der Waals surface area contributed by atoms with Crippen molar-refractivity contribution in [1.29, 1.82) is 0 Å². The average molecular weight is 407 g/mol. The van der Waals surface area contributed by atoms with E-state index in [1.165, 1.54) is 12.3 Å². The van der Waals surface area contributed by atoms with Gasteiger partial charge in [-0.05, 0) is 25.3 Å². The fraction of sp³-hybridized carbons (Fsp3) is 0.526. The van der Waals surface area contributed by atoms with E-state index in [4.69, 9.17) is 15.5 Å². The predicted octanol–water partition coefficient (Wildman–Crippen LogP) is 2.92. The van der Waals surface area contributed by atoms with Crippen LogP contribution in [-0.2, 0) is 4.74 Å². The van der Waals surface area contributed by atoms with Crippen LogP contribution in [0.15, 0.2) is 18.3 Å². The van der Waals surface area contributed by atoms with Crippen molar-refractivity contribution in [2.75, 3.05) is 23.8 Å². The Morgan fingerprint density at radius 1 is 1.21 bits per heavy atom. The standard InChI is InChI=1S/C19H20F3N5O2/c20-11-1-9(2-11)18-25-14(10-3-15(29-19(21)22)17(23)24-6-10)5-16(26-18)27-7-13-4-12(27)8-28-13/h3,5-6,9,11-13,19H,1-2,4,7-8H2,(H2,23,24). The number of rotatable bonds is 5. The topological polar surface area (TPSA) is 86.4 Å². The van der Waals surface area contributed by atoms with Crippen molar-refractivity contribution in [1.82, 2.24) is 15.0 Å². The number of fused-ring (bicyclic) bond motifs is 2. The predicted molar refractivity (Wildman–Crippen MR) is 98.7 cm³/mol. The molecule has 2 unspecified atom stereocenters. The zero-order valence-electron chi connectivity index (χ0n) is 15.5. The lowest BCUT2D eigenvalue weighted by atomic mass is 9.83. The van der Waals surface area contributed by atoms with E-state index >= 15 is 0 Å². The summed E-state index contributed by atoms with van der Waals surface area (Å²) >= 11 is 0. The summed E-state index contributed by atoms with van der Waals surface area (Å²) in [6.07, 6.45) is 2.53. The van der Waals surface area contributed by atoms with Gasteiger partial charge in [0, 0.05) is 30.3 Å². The van der Waals surface area contributed by atoms with Gasteiger partial charge in [0.1, 0.15) is 17.8 Å². The minimum atomic E-state index is -3.01. The third kappa shape index (κ3) is 3.45. The number of nitrogen functional groups attached to an aromatic ring is 1. The minimum Gasteiger partial charge on any atom is -0.431 e. The highest BCUT2D eigenvalue weighted by Crippen LogP contribution is 2.40. The van der Waals surface area contributed by atoms with E-state index in [0.717, 1.165) is 18.8 Å². The molecule has 2 bridgehead atoms. The second kappa shape index (κ2) is 7.01. The summed E-state index contributed by atoms with van der Waals surface area (Å²) in [5.41, 5.74) is 6.64. The molecule has 2 N–H and O–H groups in total. The number of hydrogen-bond acceptors (Lipinski definition) is 7. The van der Waals surface area contributed by atoms with Gasteiger partial charge in [0.2, 0.25) is 0 Å². The Kier molecular flexibility index (Phi) is 4.45. The van der Waals surface area contributed by atoms with Gasteiger partial charge in [0.05, 0.1) is 24.4 Å². The molecule has 7 nitrogen and oxygen atoms in total. The lowest BCUT2D eigenvalue weighted by Gasteiger charge is -2.31. The highest BCUT2D eigenvalue weighted by molar-refractivity contribution is 5.67. The van der Waals surface area contributed by atoms with Crippen LogP contribution >= 0.6 is 0 Å². The molecule has 3 aliphatic rings. The lowest BCUT2D eigenvalue weighted by Crippen LogP contribution is -2.38. The number of hydrogen-bond donors (Lipinski definition) is 1. The van der Waals surface area contributed by atoms with Crippen molar-refractivity contribution in [3.63, 3.8) is 0 Å². The number of anilines is 2. The molecule has 0 radical (unpaired) electrons. The van der Waals surface area contributed by atoms with Crippen LogP contribution in [0.1, 0.15) is 31.0 Å². The number of aromatic nitrogens is 3. The summed E-state index contributed by atoms with van der Waals surface area (Å²) in [4.78, 5) is 15.4. The van der Waals surface area contributed by atoms with Crippen LogP contribution in [0.25, 0.3) is 11.3 Å². The molecule has 29 heavy (non-hydrogen) atoms. The van der Waals surface area contributed by atoms with E-state index in [-0.39, 0.29) is 29.6 Å². The number of nitrogens with two attached hydrogens (primary N) is 1. The second-order valence-electron chi connectivity index (χ2n) is 7.72. The third-order valence-corrected chi connectivity index (χ3v) is 5.76. The molecule has 0 amide bonds. The first-order valence-electron chi connectivity index (χ1n) is 9.58. The minimum absolute atomic E-state index is 0.0572. The van der Waals surface area contributed by atoms with E-state index in [9.17, 15) is 13.2 Å². The summed E-state index contributed by atoms with van der Waals surface area (Å²) < 4.78 is 48.9. The third-order valence-electron chi connectivity index (χ3n) is 5.76. The van der Waals surface area contributed by atoms with Crippen LogP contribution in [0.2, 0.25) is 0 Å². The second-order valence-corrected chi connectivity index (χ2v) is 7.72. The molecular formula is C19H20F3N5O2. The first-order valence-corrected chi connectivity index (χ1v) is 9.58. The molecule has 0 spiro atoms. The molecule has 3 fully saturated rings. The maximum absolute atomic E-state index is 13.4. The Hall–Kier alpha value is -2.62. The Labute approximate surface area is 165 Å². The summed E-state index contributed by atoms with van der Waals surface area (Å²) in [6, 6.07) is 3.44. The van der Waals surface area contributed by atoms with Gasteiger partial charge in [-0.1, -0.05) is 0 Å². The van der Waals surface area contributed by atoms with Crippen LogP contribution in [-0.4, -0.2) is 53.0 Å². The van der Waals surface area contributed by atoms with Crippen molar-refractivity contribution in [3.8, 4) is 17.0 Å². The van der Waals surface area contributed by atoms with Gasteiger partial charge in [0.15, 0.2) is 11.6 Å². The van der Waals surface area contributed by atoms with Crippen LogP contribution in [0.3, 0.4) is 0 Å². The van der Waals surface area contributed by atoms with Crippen LogP contribution in [0, 0.1) is 0 Å². The monoisotopic (exact) mass is 407 g/mol. The fourth-order valence-electron chi connectivity index (χ4n) is 4.16. The molecule has 2 aromatic rings. The van der Waals surface area contributed by atoms with Gasteiger partial charge in [-0.3, -0.25) is 0 Å². The average Bonchev–Trinajstić information content (AvgIpc) is 3.30. The van der Waals surface area contributed by atoms with Crippen molar-refractivity contribution >= 4 is 11.6 Å². The Morgan fingerprint density at radius 2 is 2.03 bits per heavy atom. The zero-order chi connectivity index (χ0) is 20.1. The van der Waals surface area contributed by atoms with Gasteiger partial charge in [-0.15, -0.1) is 0 Å². The molecule has 5 rings (SSSR count). The molecule has 2 aliphatic heterocycles. The molecule has 1 saturated carbocycles. The van der Waals surface area contributed by atoms with Crippen molar-refractivity contribution in [2.45, 2.75) is 50.1 Å². The number of nitrogens with zero attached hydrogens (tertiary/aromatic N) is 4. The summed E-state index contributed by atoms with van der Waals surface area (Å²) in [6.45, 7) is -1.63. The SMILES string of the molecule is Nc1ncc(-c2cc(N3CC4CC3CO4)nc(C3CC(F)C3)n2)cc1OC(F)F. The van der Waals surface area contributed by atoms with Gasteiger partial charge >= 0.3 is 6.61 Å². The molecule has 2 atom stereocenters. The molecule has 154 valence electrons. The van der Waals surface area contributed by atoms with Gasteiger partial charge in [0.25, 0.3) is 0 Å². The largest absolute Gasteiger partial charge is 0.431 e. The molecule has 10 heteroatoms. The normalized spacial score (nSPS) is 28.1. The number of ether oxygens (including phenoxy) is 2. The van der Waals surface area contributed by atoms with Crippen LogP contribution in [0.4, 0.5) is 24.8 Å². The molecule has 0 aromatic carbocycles. The van der Waals surface area contributed by atoms with Crippen molar-refractivity contribution in [3.05, 3.63) is 24.2 Å². The van der Waals surface area contributed by atoms with Gasteiger partial charge in [-0.25, -0.2) is 19.3 Å². The van der Waals surface area contributed by atoms with E-state index < -0.39 is 12.8 Å². The van der Waals surface area contributed by atoms with E-state index in [2.05, 4.69) is 19.6 Å². The summed E-state index contributed by atoms with van der Waals surface area (Å²) in [7, 11) is 0. The quantitative estimate of drug-likeness (QED) is 0.816.